The van der Waals surface area contributed by atoms with Crippen LogP contribution in [0.15, 0.2) is 18.2 Å². The molecule has 3 nitrogen and oxygen atoms in total. The fraction of sp³-hybridized carbons (Fsp3) is 0.571. The van der Waals surface area contributed by atoms with Crippen LogP contribution in [0.2, 0.25) is 0 Å². The Kier molecular flexibility index (Phi) is 4.75. The molecule has 1 N–H and O–H groups in total. The summed E-state index contributed by atoms with van der Waals surface area (Å²) in [6.45, 7) is 2.61. The largest absolute Gasteiger partial charge is 0.310 e. The van der Waals surface area contributed by atoms with Gasteiger partial charge in [0.15, 0.2) is 9.84 Å². The predicted molar refractivity (Wildman–Crippen MR) is 74.2 cm³/mol. The minimum Gasteiger partial charge on any atom is -0.310 e. The third-order valence-corrected chi connectivity index (χ3v) is 5.44. The van der Waals surface area contributed by atoms with Crippen molar-refractivity contribution in [1.29, 1.82) is 0 Å². The van der Waals surface area contributed by atoms with Crippen LogP contribution in [-0.2, 0) is 9.84 Å². The zero-order chi connectivity index (χ0) is 14.8. The van der Waals surface area contributed by atoms with E-state index in [9.17, 15) is 17.2 Å². The molecule has 2 unspecified atom stereocenters. The Morgan fingerprint density at radius 3 is 2.75 bits per heavy atom. The summed E-state index contributed by atoms with van der Waals surface area (Å²) in [6.07, 6.45) is 1.33. The van der Waals surface area contributed by atoms with E-state index in [2.05, 4.69) is 5.32 Å². The lowest BCUT2D eigenvalue weighted by Gasteiger charge is -2.25. The minimum atomic E-state index is -3.05. The summed E-state index contributed by atoms with van der Waals surface area (Å²) in [6, 6.07) is 2.87. The van der Waals surface area contributed by atoms with Gasteiger partial charge in [0, 0.05) is 11.6 Å². The quantitative estimate of drug-likeness (QED) is 0.909. The highest BCUT2D eigenvalue weighted by molar-refractivity contribution is 7.91. The van der Waals surface area contributed by atoms with E-state index in [-0.39, 0.29) is 23.0 Å². The van der Waals surface area contributed by atoms with Gasteiger partial charge in [-0.25, -0.2) is 17.2 Å². The second kappa shape index (κ2) is 6.18. The first-order chi connectivity index (χ1) is 9.43. The summed E-state index contributed by atoms with van der Waals surface area (Å²) in [5.74, 6) is -1.05. The van der Waals surface area contributed by atoms with Crippen molar-refractivity contribution < 1.29 is 17.2 Å². The molecule has 0 aliphatic carbocycles. The van der Waals surface area contributed by atoms with E-state index in [1.807, 2.05) is 6.92 Å². The fourth-order valence-corrected chi connectivity index (χ4v) is 4.51. The van der Waals surface area contributed by atoms with Crippen molar-refractivity contribution in [3.05, 3.63) is 35.4 Å². The lowest BCUT2D eigenvalue weighted by molar-refractivity contribution is 0.378. The first-order valence-electron chi connectivity index (χ1n) is 6.81. The molecule has 0 aromatic heterocycles. The minimum absolute atomic E-state index is 0.0321. The molecule has 2 atom stereocenters. The summed E-state index contributed by atoms with van der Waals surface area (Å²) in [4.78, 5) is 0. The zero-order valence-electron chi connectivity index (χ0n) is 11.4. The van der Waals surface area contributed by atoms with Crippen LogP contribution in [-0.4, -0.2) is 26.5 Å². The van der Waals surface area contributed by atoms with E-state index in [4.69, 9.17) is 0 Å². The molecular weight excluding hydrogens is 284 g/mol. The average Bonchev–Trinajstić information content (AvgIpc) is 2.74. The highest BCUT2D eigenvalue weighted by atomic mass is 32.2. The fourth-order valence-electron chi connectivity index (χ4n) is 2.67. The van der Waals surface area contributed by atoms with Crippen LogP contribution in [0.1, 0.15) is 31.4 Å². The molecule has 0 saturated carbocycles. The van der Waals surface area contributed by atoms with Crippen LogP contribution in [0.25, 0.3) is 0 Å². The first-order valence-corrected chi connectivity index (χ1v) is 8.64. The van der Waals surface area contributed by atoms with Gasteiger partial charge < -0.3 is 5.32 Å². The zero-order valence-corrected chi connectivity index (χ0v) is 12.2. The normalized spacial score (nSPS) is 22.9. The van der Waals surface area contributed by atoms with Gasteiger partial charge in [-0.1, -0.05) is 6.92 Å². The van der Waals surface area contributed by atoms with E-state index in [0.717, 1.165) is 24.6 Å². The maximum Gasteiger partial charge on any atom is 0.150 e. The standard InChI is InChI=1S/C14H19F2NO2S/c1-2-6-17-14(10-5-7-20(18,19)9-10)12-8-11(15)3-4-13(12)16/h3-4,8,10,14,17H,2,5-7,9H2,1H3. The van der Waals surface area contributed by atoms with E-state index in [0.29, 0.717) is 13.0 Å². The molecule has 20 heavy (non-hydrogen) atoms. The lowest BCUT2D eigenvalue weighted by atomic mass is 9.92. The summed E-state index contributed by atoms with van der Waals surface area (Å²) in [7, 11) is -3.05. The lowest BCUT2D eigenvalue weighted by Crippen LogP contribution is -2.30. The second-order valence-corrected chi connectivity index (χ2v) is 7.49. The molecule has 6 heteroatoms. The van der Waals surface area contributed by atoms with Crippen molar-refractivity contribution in [3.8, 4) is 0 Å². The number of halogens is 2. The van der Waals surface area contributed by atoms with Gasteiger partial charge in [-0.15, -0.1) is 0 Å². The maximum absolute atomic E-state index is 13.9. The molecule has 0 bridgehead atoms. The van der Waals surface area contributed by atoms with E-state index >= 15 is 0 Å². The molecule has 0 amide bonds. The van der Waals surface area contributed by atoms with Gasteiger partial charge in [-0.05, 0) is 43.5 Å². The SMILES string of the molecule is CCCNC(c1cc(F)ccc1F)C1CCS(=O)(=O)C1. The monoisotopic (exact) mass is 303 g/mol. The molecule has 2 rings (SSSR count). The summed E-state index contributed by atoms with van der Waals surface area (Å²) >= 11 is 0. The van der Waals surface area contributed by atoms with Gasteiger partial charge in [0.25, 0.3) is 0 Å². The molecule has 0 radical (unpaired) electrons. The van der Waals surface area contributed by atoms with Crippen LogP contribution in [0, 0.1) is 17.6 Å². The van der Waals surface area contributed by atoms with Crippen LogP contribution in [0.4, 0.5) is 8.78 Å². The molecule has 1 aliphatic rings. The predicted octanol–water partition coefficient (Wildman–Crippen LogP) is 2.44. The highest BCUT2D eigenvalue weighted by Gasteiger charge is 2.35. The van der Waals surface area contributed by atoms with Crippen molar-refractivity contribution in [3.63, 3.8) is 0 Å². The molecule has 112 valence electrons. The summed E-state index contributed by atoms with van der Waals surface area (Å²) in [5, 5.41) is 3.16. The molecule has 1 aromatic carbocycles. The van der Waals surface area contributed by atoms with Crippen molar-refractivity contribution in [1.82, 2.24) is 5.32 Å². The Morgan fingerprint density at radius 2 is 2.15 bits per heavy atom. The number of hydrogen-bond donors (Lipinski definition) is 1. The summed E-state index contributed by atoms with van der Waals surface area (Å²) < 4.78 is 50.5. The highest BCUT2D eigenvalue weighted by Crippen LogP contribution is 2.33. The number of benzene rings is 1. The van der Waals surface area contributed by atoms with Gasteiger partial charge in [0.2, 0.25) is 0 Å². The Hall–Kier alpha value is -1.01. The van der Waals surface area contributed by atoms with Gasteiger partial charge in [-0.3, -0.25) is 0 Å². The van der Waals surface area contributed by atoms with Gasteiger partial charge in [0.05, 0.1) is 11.5 Å². The van der Waals surface area contributed by atoms with E-state index in [1.54, 1.807) is 0 Å². The molecule has 1 saturated heterocycles. The number of nitrogens with one attached hydrogen (secondary N) is 1. The van der Waals surface area contributed by atoms with Gasteiger partial charge >= 0.3 is 0 Å². The van der Waals surface area contributed by atoms with Crippen LogP contribution in [0.3, 0.4) is 0 Å². The van der Waals surface area contributed by atoms with Crippen LogP contribution in [0.5, 0.6) is 0 Å². The first kappa shape index (κ1) is 15.4. The molecule has 1 fully saturated rings. The van der Waals surface area contributed by atoms with Gasteiger partial charge in [-0.2, -0.15) is 0 Å². The Labute approximate surface area is 118 Å². The molecular formula is C14H19F2NO2S. The smallest absolute Gasteiger partial charge is 0.150 e. The Balaban J connectivity index is 2.30. The number of sulfone groups is 1. The number of rotatable bonds is 5. The Bertz CT molecular complexity index is 575. The summed E-state index contributed by atoms with van der Waals surface area (Å²) in [5.41, 5.74) is 0.223. The molecule has 0 spiro atoms. The van der Waals surface area contributed by atoms with Crippen LogP contribution < -0.4 is 5.32 Å². The van der Waals surface area contributed by atoms with Crippen molar-refractivity contribution in [2.24, 2.45) is 5.92 Å². The molecule has 1 heterocycles. The molecule has 1 aromatic rings. The van der Waals surface area contributed by atoms with E-state index in [1.165, 1.54) is 0 Å². The second-order valence-electron chi connectivity index (χ2n) is 5.26. The topological polar surface area (TPSA) is 46.2 Å². The van der Waals surface area contributed by atoms with Crippen molar-refractivity contribution >= 4 is 9.84 Å². The van der Waals surface area contributed by atoms with Crippen LogP contribution >= 0.6 is 0 Å². The van der Waals surface area contributed by atoms with E-state index < -0.39 is 27.5 Å². The third-order valence-electron chi connectivity index (χ3n) is 3.65. The van der Waals surface area contributed by atoms with Crippen molar-refractivity contribution in [2.45, 2.75) is 25.8 Å². The molecule has 1 aliphatic heterocycles. The maximum atomic E-state index is 13.9. The Morgan fingerprint density at radius 1 is 1.40 bits per heavy atom. The third kappa shape index (κ3) is 3.55. The van der Waals surface area contributed by atoms with Gasteiger partial charge in [0.1, 0.15) is 11.6 Å². The number of hydrogen-bond acceptors (Lipinski definition) is 3. The van der Waals surface area contributed by atoms with Crippen molar-refractivity contribution in [2.75, 3.05) is 18.1 Å². The average molecular weight is 303 g/mol.